The van der Waals surface area contributed by atoms with E-state index in [1.54, 1.807) is 18.2 Å². The molecular formula is C21H14FN3O5S. The number of rotatable bonds is 5. The van der Waals surface area contributed by atoms with Crippen molar-refractivity contribution in [2.75, 3.05) is 5.32 Å². The van der Waals surface area contributed by atoms with E-state index in [1.165, 1.54) is 42.5 Å². The number of hydrogen-bond acceptors (Lipinski definition) is 6. The van der Waals surface area contributed by atoms with Crippen molar-refractivity contribution in [1.29, 1.82) is 0 Å². The van der Waals surface area contributed by atoms with Crippen LogP contribution in [0.2, 0.25) is 0 Å². The summed E-state index contributed by atoms with van der Waals surface area (Å²) in [5, 5.41) is 33.4. The number of nitro benzene ring substituents is 1. The monoisotopic (exact) mass is 439 g/mol. The van der Waals surface area contributed by atoms with Crippen LogP contribution in [0.1, 0.15) is 17.2 Å². The molecule has 3 N–H and O–H groups in total. The molecule has 156 valence electrons. The van der Waals surface area contributed by atoms with Crippen molar-refractivity contribution < 1.29 is 24.3 Å². The number of aromatic nitrogens is 1. The summed E-state index contributed by atoms with van der Waals surface area (Å²) in [7, 11) is 0. The number of carboxylic acid groups (broad SMARTS) is 1. The highest BCUT2D eigenvalue weighted by Crippen LogP contribution is 2.38. The Morgan fingerprint density at radius 2 is 1.87 bits per heavy atom. The summed E-state index contributed by atoms with van der Waals surface area (Å²) in [4.78, 5) is 26.0. The first kappa shape index (κ1) is 20.4. The second kappa shape index (κ2) is 8.09. The van der Waals surface area contributed by atoms with Crippen LogP contribution in [0.5, 0.6) is 0 Å². The molecule has 0 aliphatic carbocycles. The van der Waals surface area contributed by atoms with E-state index < -0.39 is 22.9 Å². The van der Waals surface area contributed by atoms with Crippen LogP contribution in [0.15, 0.2) is 60.7 Å². The van der Waals surface area contributed by atoms with Crippen molar-refractivity contribution in [3.63, 3.8) is 0 Å². The SMILES string of the molecule is O=C(O)Nc1nc2c(-c3cccc([N+](=O)[O-])c3)cc(C(O)c3ccc(F)cc3)cc2s1. The van der Waals surface area contributed by atoms with E-state index in [1.807, 2.05) is 0 Å². The van der Waals surface area contributed by atoms with Gasteiger partial charge in [0.05, 0.1) is 15.1 Å². The number of fused-ring (bicyclic) bond motifs is 1. The van der Waals surface area contributed by atoms with Crippen LogP contribution in [0.4, 0.5) is 20.0 Å². The molecule has 3 aromatic carbocycles. The number of anilines is 1. The Hall–Kier alpha value is -3.89. The van der Waals surface area contributed by atoms with Gasteiger partial charge >= 0.3 is 6.09 Å². The van der Waals surface area contributed by atoms with Gasteiger partial charge in [0.25, 0.3) is 5.69 Å². The molecule has 4 aromatic rings. The zero-order valence-corrected chi connectivity index (χ0v) is 16.5. The fraction of sp³-hybridized carbons (Fsp3) is 0.0476. The molecule has 1 amide bonds. The van der Waals surface area contributed by atoms with E-state index in [-0.39, 0.29) is 10.8 Å². The van der Waals surface area contributed by atoms with Crippen LogP contribution in [-0.4, -0.2) is 26.2 Å². The van der Waals surface area contributed by atoms with Crippen molar-refractivity contribution in [2.45, 2.75) is 6.10 Å². The molecule has 0 aliphatic heterocycles. The van der Waals surface area contributed by atoms with E-state index in [9.17, 15) is 24.4 Å². The summed E-state index contributed by atoms with van der Waals surface area (Å²) in [6, 6.07) is 14.6. The predicted molar refractivity (Wildman–Crippen MR) is 114 cm³/mol. The lowest BCUT2D eigenvalue weighted by molar-refractivity contribution is -0.384. The van der Waals surface area contributed by atoms with Gasteiger partial charge in [-0.3, -0.25) is 15.4 Å². The summed E-state index contributed by atoms with van der Waals surface area (Å²) < 4.78 is 13.8. The summed E-state index contributed by atoms with van der Waals surface area (Å²) in [5.41, 5.74) is 2.20. The van der Waals surface area contributed by atoms with Gasteiger partial charge in [0.15, 0.2) is 5.13 Å². The molecule has 8 nitrogen and oxygen atoms in total. The first-order valence-electron chi connectivity index (χ1n) is 8.94. The summed E-state index contributed by atoms with van der Waals surface area (Å²) >= 11 is 1.07. The Morgan fingerprint density at radius 1 is 1.13 bits per heavy atom. The predicted octanol–water partition coefficient (Wildman–Crippen LogP) is 5.18. The van der Waals surface area contributed by atoms with Crippen LogP contribution in [0.25, 0.3) is 21.3 Å². The van der Waals surface area contributed by atoms with Crippen LogP contribution in [-0.2, 0) is 0 Å². The maximum atomic E-state index is 13.3. The quantitative estimate of drug-likeness (QED) is 0.290. The van der Waals surface area contributed by atoms with Crippen molar-refractivity contribution in [1.82, 2.24) is 4.98 Å². The van der Waals surface area contributed by atoms with Crippen molar-refractivity contribution in [2.24, 2.45) is 0 Å². The van der Waals surface area contributed by atoms with E-state index >= 15 is 0 Å². The number of nitrogens with zero attached hydrogens (tertiary/aromatic N) is 2. The molecule has 1 aromatic heterocycles. The fourth-order valence-corrected chi connectivity index (χ4v) is 4.13. The number of aliphatic hydroxyl groups is 1. The van der Waals surface area contributed by atoms with Crippen LogP contribution in [0, 0.1) is 15.9 Å². The minimum atomic E-state index is -1.28. The summed E-state index contributed by atoms with van der Waals surface area (Å²) in [5.74, 6) is -0.435. The second-order valence-corrected chi connectivity index (χ2v) is 7.66. The average Bonchev–Trinajstić information content (AvgIpc) is 3.14. The van der Waals surface area contributed by atoms with Gasteiger partial charge in [-0.1, -0.05) is 35.6 Å². The minimum Gasteiger partial charge on any atom is -0.465 e. The van der Waals surface area contributed by atoms with Crippen LogP contribution in [0.3, 0.4) is 0 Å². The van der Waals surface area contributed by atoms with Gasteiger partial charge < -0.3 is 10.2 Å². The van der Waals surface area contributed by atoms with Gasteiger partial charge in [-0.15, -0.1) is 0 Å². The molecule has 0 fully saturated rings. The number of non-ortho nitro benzene ring substituents is 1. The zero-order valence-electron chi connectivity index (χ0n) is 15.7. The Balaban J connectivity index is 1.90. The molecular weight excluding hydrogens is 425 g/mol. The highest BCUT2D eigenvalue weighted by molar-refractivity contribution is 7.22. The third-order valence-corrected chi connectivity index (χ3v) is 5.52. The van der Waals surface area contributed by atoms with E-state index in [0.29, 0.717) is 32.5 Å². The molecule has 4 rings (SSSR count). The van der Waals surface area contributed by atoms with Gasteiger partial charge in [-0.25, -0.2) is 14.2 Å². The number of hydrogen-bond donors (Lipinski definition) is 3. The Morgan fingerprint density at radius 3 is 2.55 bits per heavy atom. The Kier molecular flexibility index (Phi) is 5.32. The number of nitrogens with one attached hydrogen (secondary N) is 1. The molecule has 31 heavy (non-hydrogen) atoms. The number of thiazole rings is 1. The smallest absolute Gasteiger partial charge is 0.410 e. The topological polar surface area (TPSA) is 126 Å². The van der Waals surface area contributed by atoms with Crippen molar-refractivity contribution in [3.8, 4) is 11.1 Å². The Bertz CT molecular complexity index is 1310. The van der Waals surface area contributed by atoms with Crippen LogP contribution >= 0.6 is 11.3 Å². The first-order valence-corrected chi connectivity index (χ1v) is 9.76. The second-order valence-electron chi connectivity index (χ2n) is 6.63. The number of halogens is 1. The maximum absolute atomic E-state index is 13.3. The fourth-order valence-electron chi connectivity index (χ4n) is 3.20. The lowest BCUT2D eigenvalue weighted by Crippen LogP contribution is -2.06. The van der Waals surface area contributed by atoms with Gasteiger partial charge in [-0.05, 0) is 41.0 Å². The number of aliphatic hydroxyl groups excluding tert-OH is 1. The first-order chi connectivity index (χ1) is 14.8. The molecule has 0 spiro atoms. The standard InChI is InChI=1S/C21H14FN3O5S/c22-14-6-4-11(5-7-14)19(26)13-9-16(12-2-1-3-15(8-12)25(29)30)18-17(10-13)31-20(23-18)24-21(27)28/h1-10,19,26H,(H,23,24)(H,27,28). The summed E-state index contributed by atoms with van der Waals surface area (Å²) in [6.07, 6.45) is -2.37. The summed E-state index contributed by atoms with van der Waals surface area (Å²) in [6.45, 7) is 0. The van der Waals surface area contributed by atoms with Gasteiger partial charge in [0, 0.05) is 17.7 Å². The number of carbonyl (C=O) groups is 1. The molecule has 1 heterocycles. The van der Waals surface area contributed by atoms with Gasteiger partial charge in [0.2, 0.25) is 0 Å². The lowest BCUT2D eigenvalue weighted by atomic mass is 9.96. The normalized spacial score (nSPS) is 11.9. The lowest BCUT2D eigenvalue weighted by Gasteiger charge is -2.14. The van der Waals surface area contributed by atoms with Crippen LogP contribution < -0.4 is 5.32 Å². The molecule has 10 heteroatoms. The highest BCUT2D eigenvalue weighted by atomic mass is 32.1. The molecule has 0 radical (unpaired) electrons. The molecule has 1 atom stereocenters. The van der Waals surface area contributed by atoms with E-state index in [0.717, 1.165) is 11.3 Å². The minimum absolute atomic E-state index is 0.116. The molecule has 1 unspecified atom stereocenters. The van der Waals surface area contributed by atoms with Gasteiger partial charge in [-0.2, -0.15) is 0 Å². The maximum Gasteiger partial charge on any atom is 0.410 e. The third-order valence-electron chi connectivity index (χ3n) is 4.60. The number of benzene rings is 3. The number of nitro groups is 1. The highest BCUT2D eigenvalue weighted by Gasteiger charge is 2.19. The van der Waals surface area contributed by atoms with Gasteiger partial charge in [0.1, 0.15) is 11.9 Å². The zero-order chi connectivity index (χ0) is 22.1. The largest absolute Gasteiger partial charge is 0.465 e. The van der Waals surface area contributed by atoms with E-state index in [2.05, 4.69) is 10.3 Å². The van der Waals surface area contributed by atoms with Crippen molar-refractivity contribution >= 4 is 38.5 Å². The van der Waals surface area contributed by atoms with Crippen molar-refractivity contribution in [3.05, 3.63) is 87.7 Å². The molecule has 0 saturated heterocycles. The van der Waals surface area contributed by atoms with E-state index in [4.69, 9.17) is 5.11 Å². The number of amides is 1. The average molecular weight is 439 g/mol. The Labute approximate surface area is 178 Å². The molecule has 0 aliphatic rings. The third kappa shape index (κ3) is 4.20. The molecule has 0 bridgehead atoms. The molecule has 0 saturated carbocycles.